The number of halogens is 1. The number of nitrogens with zero attached hydrogens (tertiary/aromatic N) is 3. The molecule has 1 aliphatic rings. The Labute approximate surface area is 163 Å². The normalized spacial score (nSPS) is 14.9. The molecule has 2 aromatic rings. The van der Waals surface area contributed by atoms with Crippen LogP contribution in [0.5, 0.6) is 0 Å². The second kappa shape index (κ2) is 8.43. The van der Waals surface area contributed by atoms with Gasteiger partial charge in [0.1, 0.15) is 0 Å². The van der Waals surface area contributed by atoms with E-state index in [-0.39, 0.29) is 18.0 Å². The number of amides is 2. The first kappa shape index (κ1) is 19.2. The van der Waals surface area contributed by atoms with E-state index >= 15 is 0 Å². The predicted octanol–water partition coefficient (Wildman–Crippen LogP) is 3.18. The molecule has 0 saturated carbocycles. The van der Waals surface area contributed by atoms with Gasteiger partial charge in [-0.1, -0.05) is 17.7 Å². The Morgan fingerprint density at radius 2 is 2.04 bits per heavy atom. The second-order valence-electron chi connectivity index (χ2n) is 6.50. The Balaban J connectivity index is 1.61. The van der Waals surface area contributed by atoms with Crippen LogP contribution in [-0.2, 0) is 4.74 Å². The van der Waals surface area contributed by atoms with Crippen LogP contribution < -0.4 is 5.32 Å². The number of carbonyl (C=O) groups excluding carboxylic acids is 2. The van der Waals surface area contributed by atoms with Gasteiger partial charge >= 0.3 is 6.09 Å². The van der Waals surface area contributed by atoms with Crippen molar-refractivity contribution in [2.45, 2.75) is 32.7 Å². The van der Waals surface area contributed by atoms with Gasteiger partial charge in [-0.2, -0.15) is 5.10 Å². The summed E-state index contributed by atoms with van der Waals surface area (Å²) in [5.41, 5.74) is 2.02. The zero-order valence-electron chi connectivity index (χ0n) is 15.4. The third-order valence-corrected chi connectivity index (χ3v) is 4.76. The fraction of sp³-hybridized carbons (Fsp3) is 0.421. The molecule has 1 N–H and O–H groups in total. The average Bonchev–Trinajstić information content (AvgIpc) is 3.04. The SMILES string of the molecule is CCOC(=O)N1CCC(NC(=O)c2cc(C)n(-c3cccc(Cl)c3)n2)CC1. The van der Waals surface area contributed by atoms with Crippen LogP contribution >= 0.6 is 11.6 Å². The van der Waals surface area contributed by atoms with Crippen LogP contribution in [0.2, 0.25) is 5.02 Å². The molecule has 1 saturated heterocycles. The maximum Gasteiger partial charge on any atom is 0.409 e. The molecule has 0 spiro atoms. The van der Waals surface area contributed by atoms with E-state index in [9.17, 15) is 9.59 Å². The molecule has 3 rings (SSSR count). The minimum atomic E-state index is -0.293. The van der Waals surface area contributed by atoms with Gasteiger partial charge < -0.3 is 15.0 Å². The lowest BCUT2D eigenvalue weighted by molar-refractivity contribution is 0.0856. The van der Waals surface area contributed by atoms with Crippen molar-refractivity contribution in [2.24, 2.45) is 0 Å². The number of piperidine rings is 1. The van der Waals surface area contributed by atoms with Gasteiger partial charge in [-0.15, -0.1) is 0 Å². The molecule has 0 radical (unpaired) electrons. The number of benzene rings is 1. The number of aryl methyl sites for hydroxylation is 1. The van der Waals surface area contributed by atoms with Gasteiger partial charge in [0.2, 0.25) is 0 Å². The molecular formula is C19H23ClN4O3. The summed E-state index contributed by atoms with van der Waals surface area (Å²) in [6.45, 7) is 5.18. The van der Waals surface area contributed by atoms with Gasteiger partial charge in [0, 0.05) is 29.8 Å². The van der Waals surface area contributed by atoms with Gasteiger partial charge in [0.05, 0.1) is 12.3 Å². The quantitative estimate of drug-likeness (QED) is 0.869. The van der Waals surface area contributed by atoms with Gasteiger partial charge in [0.25, 0.3) is 5.91 Å². The molecule has 2 heterocycles. The first-order valence-corrected chi connectivity index (χ1v) is 9.41. The number of rotatable bonds is 4. The number of aromatic nitrogens is 2. The van der Waals surface area contributed by atoms with Crippen molar-refractivity contribution < 1.29 is 14.3 Å². The lowest BCUT2D eigenvalue weighted by Crippen LogP contribution is -2.46. The number of hydrogen-bond donors (Lipinski definition) is 1. The molecule has 1 fully saturated rings. The Morgan fingerprint density at radius 3 is 2.70 bits per heavy atom. The molecule has 1 aromatic carbocycles. The molecular weight excluding hydrogens is 368 g/mol. The smallest absolute Gasteiger partial charge is 0.409 e. The molecule has 0 bridgehead atoms. The van der Waals surface area contributed by atoms with Crippen LogP contribution in [0.25, 0.3) is 5.69 Å². The van der Waals surface area contributed by atoms with E-state index in [0.29, 0.717) is 43.3 Å². The number of nitrogens with one attached hydrogen (secondary N) is 1. The number of ether oxygens (including phenoxy) is 1. The van der Waals surface area contributed by atoms with E-state index in [1.54, 1.807) is 34.7 Å². The summed E-state index contributed by atoms with van der Waals surface area (Å²) in [7, 11) is 0. The monoisotopic (exact) mass is 390 g/mol. The van der Waals surface area contributed by atoms with Crippen LogP contribution in [0.3, 0.4) is 0 Å². The van der Waals surface area contributed by atoms with Gasteiger partial charge in [0.15, 0.2) is 5.69 Å². The molecule has 0 aliphatic carbocycles. The fourth-order valence-corrected chi connectivity index (χ4v) is 3.32. The van der Waals surface area contributed by atoms with Crippen LogP contribution in [0.15, 0.2) is 30.3 Å². The molecule has 7 nitrogen and oxygen atoms in total. The van der Waals surface area contributed by atoms with E-state index in [4.69, 9.17) is 16.3 Å². The zero-order valence-corrected chi connectivity index (χ0v) is 16.2. The summed E-state index contributed by atoms with van der Waals surface area (Å²) in [6, 6.07) is 9.09. The zero-order chi connectivity index (χ0) is 19.4. The number of hydrogen-bond acceptors (Lipinski definition) is 4. The molecule has 0 unspecified atom stereocenters. The predicted molar refractivity (Wildman–Crippen MR) is 102 cm³/mol. The summed E-state index contributed by atoms with van der Waals surface area (Å²) in [6.07, 6.45) is 1.09. The Bertz CT molecular complexity index is 828. The van der Waals surface area contributed by atoms with Crippen LogP contribution in [0.1, 0.15) is 35.9 Å². The van der Waals surface area contributed by atoms with E-state index < -0.39 is 0 Å². The average molecular weight is 391 g/mol. The summed E-state index contributed by atoms with van der Waals surface area (Å²) in [5.74, 6) is -0.214. The van der Waals surface area contributed by atoms with E-state index in [0.717, 1.165) is 11.4 Å². The lowest BCUT2D eigenvalue weighted by Gasteiger charge is -2.31. The summed E-state index contributed by atoms with van der Waals surface area (Å²) < 4.78 is 6.71. The minimum absolute atomic E-state index is 0.0137. The Kier molecular flexibility index (Phi) is 6.01. The van der Waals surface area contributed by atoms with Crippen LogP contribution in [-0.4, -0.2) is 52.4 Å². The summed E-state index contributed by atoms with van der Waals surface area (Å²) in [4.78, 5) is 26.0. The largest absolute Gasteiger partial charge is 0.450 e. The first-order chi connectivity index (χ1) is 13.0. The Hall–Kier alpha value is -2.54. The highest BCUT2D eigenvalue weighted by Crippen LogP contribution is 2.17. The lowest BCUT2D eigenvalue weighted by atomic mass is 10.1. The minimum Gasteiger partial charge on any atom is -0.450 e. The standard InChI is InChI=1S/C19H23ClN4O3/c1-3-27-19(26)23-9-7-15(8-10-23)21-18(25)17-11-13(2)24(22-17)16-6-4-5-14(20)12-16/h4-6,11-12,15H,3,7-10H2,1-2H3,(H,21,25). The third-order valence-electron chi connectivity index (χ3n) is 4.53. The molecule has 1 aliphatic heterocycles. The fourth-order valence-electron chi connectivity index (χ4n) is 3.14. The highest BCUT2D eigenvalue weighted by molar-refractivity contribution is 6.30. The molecule has 1 aromatic heterocycles. The van der Waals surface area contributed by atoms with Gasteiger partial charge in [-0.05, 0) is 51.0 Å². The van der Waals surface area contributed by atoms with Crippen molar-refractivity contribution in [3.63, 3.8) is 0 Å². The summed E-state index contributed by atoms with van der Waals surface area (Å²) in [5, 5.41) is 8.04. The highest BCUT2D eigenvalue weighted by atomic mass is 35.5. The van der Waals surface area contributed by atoms with Crippen LogP contribution in [0, 0.1) is 6.92 Å². The second-order valence-corrected chi connectivity index (χ2v) is 6.93. The van der Waals surface area contributed by atoms with Crippen molar-refractivity contribution in [2.75, 3.05) is 19.7 Å². The van der Waals surface area contributed by atoms with Crippen molar-refractivity contribution in [3.8, 4) is 5.69 Å². The first-order valence-electron chi connectivity index (χ1n) is 9.03. The third kappa shape index (κ3) is 4.60. The highest BCUT2D eigenvalue weighted by Gasteiger charge is 2.25. The maximum atomic E-state index is 12.6. The van der Waals surface area contributed by atoms with Crippen molar-refractivity contribution in [1.29, 1.82) is 0 Å². The van der Waals surface area contributed by atoms with Gasteiger partial charge in [-0.25, -0.2) is 9.48 Å². The topological polar surface area (TPSA) is 76.5 Å². The Morgan fingerprint density at radius 1 is 1.30 bits per heavy atom. The molecule has 27 heavy (non-hydrogen) atoms. The van der Waals surface area contributed by atoms with E-state index in [1.165, 1.54) is 0 Å². The van der Waals surface area contributed by atoms with Crippen molar-refractivity contribution in [1.82, 2.24) is 20.0 Å². The van der Waals surface area contributed by atoms with Crippen LogP contribution in [0.4, 0.5) is 4.79 Å². The number of carbonyl (C=O) groups is 2. The molecule has 144 valence electrons. The summed E-state index contributed by atoms with van der Waals surface area (Å²) >= 11 is 6.04. The van der Waals surface area contributed by atoms with Crippen molar-refractivity contribution in [3.05, 3.63) is 46.7 Å². The van der Waals surface area contributed by atoms with Gasteiger partial charge in [-0.3, -0.25) is 4.79 Å². The van der Waals surface area contributed by atoms with E-state index in [2.05, 4.69) is 10.4 Å². The molecule has 0 atom stereocenters. The maximum absolute atomic E-state index is 12.6. The van der Waals surface area contributed by atoms with E-state index in [1.807, 2.05) is 19.1 Å². The molecule has 8 heteroatoms. The molecule has 2 amide bonds. The van der Waals surface area contributed by atoms with Crippen molar-refractivity contribution >= 4 is 23.6 Å². The number of likely N-dealkylation sites (tertiary alicyclic amines) is 1.